The summed E-state index contributed by atoms with van der Waals surface area (Å²) in [5, 5.41) is 3.27. The summed E-state index contributed by atoms with van der Waals surface area (Å²) in [6.45, 7) is 3.36. The molecular weight excluding hydrogens is 388 g/mol. The molecule has 27 heavy (non-hydrogen) atoms. The largest absolute Gasteiger partial charge is 0.332 e. The standard InChI is InChI=1S/C18H22N4O3S.ClH/c1-14(21-26(24,25)16-7-3-2-4-8-16)18(23)22-11-10-20-13-17(22)15-6-5-9-19-12-15;/h2-9,12,14,17,20-21H,10-11,13H2,1H3;1H. The van der Waals surface area contributed by atoms with Gasteiger partial charge in [0.1, 0.15) is 0 Å². The van der Waals surface area contributed by atoms with Crippen LogP contribution in [0.15, 0.2) is 59.8 Å². The second-order valence-electron chi connectivity index (χ2n) is 6.19. The van der Waals surface area contributed by atoms with Crippen LogP contribution in [0.4, 0.5) is 0 Å². The molecule has 2 unspecified atom stereocenters. The number of rotatable bonds is 5. The second-order valence-corrected chi connectivity index (χ2v) is 7.91. The number of carbonyl (C=O) groups is 1. The maximum atomic E-state index is 12.9. The van der Waals surface area contributed by atoms with E-state index in [-0.39, 0.29) is 29.3 Å². The van der Waals surface area contributed by atoms with Crippen LogP contribution in [-0.4, -0.2) is 49.9 Å². The van der Waals surface area contributed by atoms with Gasteiger partial charge in [0.2, 0.25) is 15.9 Å². The molecule has 7 nitrogen and oxygen atoms in total. The number of amides is 1. The molecule has 1 aromatic carbocycles. The summed E-state index contributed by atoms with van der Waals surface area (Å²) in [5.41, 5.74) is 0.922. The monoisotopic (exact) mass is 410 g/mol. The highest BCUT2D eigenvalue weighted by atomic mass is 35.5. The number of sulfonamides is 1. The number of carbonyl (C=O) groups excluding carboxylic acids is 1. The lowest BCUT2D eigenvalue weighted by atomic mass is 10.0. The van der Waals surface area contributed by atoms with Crippen molar-refractivity contribution in [3.63, 3.8) is 0 Å². The van der Waals surface area contributed by atoms with Crippen molar-refractivity contribution in [2.24, 2.45) is 0 Å². The van der Waals surface area contributed by atoms with Crippen molar-refractivity contribution in [1.82, 2.24) is 19.9 Å². The van der Waals surface area contributed by atoms with Gasteiger partial charge < -0.3 is 10.2 Å². The van der Waals surface area contributed by atoms with Crippen LogP contribution in [0.3, 0.4) is 0 Å². The molecule has 1 aromatic heterocycles. The van der Waals surface area contributed by atoms with E-state index in [0.717, 1.165) is 5.56 Å². The SMILES string of the molecule is CC(NS(=O)(=O)c1ccccc1)C(=O)N1CCNCC1c1cccnc1.Cl. The maximum Gasteiger partial charge on any atom is 0.241 e. The maximum absolute atomic E-state index is 12.9. The topological polar surface area (TPSA) is 91.4 Å². The number of hydrogen-bond donors (Lipinski definition) is 2. The van der Waals surface area contributed by atoms with Gasteiger partial charge >= 0.3 is 0 Å². The summed E-state index contributed by atoms with van der Waals surface area (Å²) in [6, 6.07) is 10.8. The zero-order valence-corrected chi connectivity index (χ0v) is 16.5. The van der Waals surface area contributed by atoms with Crippen LogP contribution in [0.5, 0.6) is 0 Å². The highest BCUT2D eigenvalue weighted by molar-refractivity contribution is 7.89. The van der Waals surface area contributed by atoms with Crippen LogP contribution < -0.4 is 10.0 Å². The molecule has 2 N–H and O–H groups in total. The molecule has 0 radical (unpaired) electrons. The summed E-state index contributed by atoms with van der Waals surface area (Å²) in [6.07, 6.45) is 3.42. The Morgan fingerprint density at radius 3 is 2.67 bits per heavy atom. The van der Waals surface area contributed by atoms with Crippen molar-refractivity contribution in [1.29, 1.82) is 0 Å². The van der Waals surface area contributed by atoms with Crippen molar-refractivity contribution in [3.05, 3.63) is 60.4 Å². The summed E-state index contributed by atoms with van der Waals surface area (Å²) in [5.74, 6) is -0.250. The summed E-state index contributed by atoms with van der Waals surface area (Å²) >= 11 is 0. The first-order chi connectivity index (χ1) is 12.5. The Bertz CT molecular complexity index is 849. The van der Waals surface area contributed by atoms with Gasteiger partial charge in [0.15, 0.2) is 0 Å². The van der Waals surface area contributed by atoms with E-state index < -0.39 is 16.1 Å². The van der Waals surface area contributed by atoms with Crippen LogP contribution in [0.25, 0.3) is 0 Å². The predicted molar refractivity (Wildman–Crippen MR) is 105 cm³/mol. The smallest absolute Gasteiger partial charge is 0.241 e. The summed E-state index contributed by atoms with van der Waals surface area (Å²) < 4.78 is 27.4. The van der Waals surface area contributed by atoms with E-state index in [1.165, 1.54) is 12.1 Å². The number of nitrogens with zero attached hydrogens (tertiary/aromatic N) is 2. The van der Waals surface area contributed by atoms with Crippen LogP contribution in [0.2, 0.25) is 0 Å². The molecule has 0 saturated carbocycles. The number of nitrogens with one attached hydrogen (secondary N) is 2. The normalized spacial score (nSPS) is 18.4. The Morgan fingerprint density at radius 1 is 1.26 bits per heavy atom. The lowest BCUT2D eigenvalue weighted by Crippen LogP contribution is -2.54. The zero-order valence-electron chi connectivity index (χ0n) is 14.9. The molecule has 2 atom stereocenters. The summed E-state index contributed by atoms with van der Waals surface area (Å²) in [4.78, 5) is 18.9. The van der Waals surface area contributed by atoms with Crippen molar-refractivity contribution in [2.75, 3.05) is 19.6 Å². The van der Waals surface area contributed by atoms with Gasteiger partial charge in [0.05, 0.1) is 17.0 Å². The first-order valence-corrected chi connectivity index (χ1v) is 9.96. The van der Waals surface area contributed by atoms with Gasteiger partial charge in [-0.05, 0) is 30.7 Å². The highest BCUT2D eigenvalue weighted by Gasteiger charge is 2.32. The van der Waals surface area contributed by atoms with Gasteiger partial charge in [0.25, 0.3) is 0 Å². The third-order valence-corrected chi connectivity index (χ3v) is 5.91. The predicted octanol–water partition coefficient (Wildman–Crippen LogP) is 1.34. The molecule has 1 amide bonds. The highest BCUT2D eigenvalue weighted by Crippen LogP contribution is 2.22. The zero-order chi connectivity index (χ0) is 18.6. The van der Waals surface area contributed by atoms with Crippen LogP contribution >= 0.6 is 12.4 Å². The van der Waals surface area contributed by atoms with Crippen LogP contribution in [-0.2, 0) is 14.8 Å². The summed E-state index contributed by atoms with van der Waals surface area (Å²) in [7, 11) is -3.75. The lowest BCUT2D eigenvalue weighted by molar-refractivity contribution is -0.136. The average Bonchev–Trinajstić information content (AvgIpc) is 2.68. The van der Waals surface area contributed by atoms with Crippen LogP contribution in [0.1, 0.15) is 18.5 Å². The molecule has 3 rings (SSSR count). The number of hydrogen-bond acceptors (Lipinski definition) is 5. The molecule has 1 aliphatic heterocycles. The Hall–Kier alpha value is -2.00. The molecule has 0 spiro atoms. The Kier molecular flexibility index (Phi) is 7.32. The van der Waals surface area contributed by atoms with E-state index in [9.17, 15) is 13.2 Å². The minimum absolute atomic E-state index is 0. The second kappa shape index (κ2) is 9.27. The number of benzene rings is 1. The first kappa shape index (κ1) is 21.3. The van der Waals surface area contributed by atoms with Gasteiger partial charge in [0, 0.05) is 32.0 Å². The molecule has 1 aliphatic rings. The van der Waals surface area contributed by atoms with E-state index in [4.69, 9.17) is 0 Å². The molecule has 2 aromatic rings. The quantitative estimate of drug-likeness (QED) is 0.776. The molecular formula is C18H23ClN4O3S. The van der Waals surface area contributed by atoms with Crippen molar-refractivity contribution < 1.29 is 13.2 Å². The fraction of sp³-hybridized carbons (Fsp3) is 0.333. The van der Waals surface area contributed by atoms with Gasteiger partial charge in [-0.15, -0.1) is 12.4 Å². The number of halogens is 1. The fourth-order valence-electron chi connectivity index (χ4n) is 3.04. The number of piperazine rings is 1. The van der Waals surface area contributed by atoms with Crippen molar-refractivity contribution in [3.8, 4) is 0 Å². The fourth-order valence-corrected chi connectivity index (χ4v) is 4.26. The Balaban J connectivity index is 0.00000261. The number of pyridine rings is 1. The van der Waals surface area contributed by atoms with E-state index in [1.807, 2.05) is 12.1 Å². The lowest BCUT2D eigenvalue weighted by Gasteiger charge is -2.37. The minimum atomic E-state index is -3.75. The molecule has 0 bridgehead atoms. The molecule has 0 aliphatic carbocycles. The molecule has 2 heterocycles. The minimum Gasteiger partial charge on any atom is -0.332 e. The van der Waals surface area contributed by atoms with E-state index in [0.29, 0.717) is 19.6 Å². The molecule has 146 valence electrons. The average molecular weight is 411 g/mol. The first-order valence-electron chi connectivity index (χ1n) is 8.47. The van der Waals surface area contributed by atoms with Gasteiger partial charge in [-0.2, -0.15) is 4.72 Å². The van der Waals surface area contributed by atoms with E-state index in [2.05, 4.69) is 15.0 Å². The molecule has 1 saturated heterocycles. The third-order valence-electron chi connectivity index (χ3n) is 4.35. The van der Waals surface area contributed by atoms with E-state index >= 15 is 0 Å². The van der Waals surface area contributed by atoms with Crippen molar-refractivity contribution >= 4 is 28.3 Å². The molecule has 9 heteroatoms. The van der Waals surface area contributed by atoms with Gasteiger partial charge in [-0.25, -0.2) is 8.42 Å². The van der Waals surface area contributed by atoms with E-state index in [1.54, 1.807) is 42.4 Å². The van der Waals surface area contributed by atoms with Gasteiger partial charge in [-0.3, -0.25) is 9.78 Å². The van der Waals surface area contributed by atoms with Gasteiger partial charge in [-0.1, -0.05) is 24.3 Å². The Morgan fingerprint density at radius 2 is 2.00 bits per heavy atom. The molecule has 1 fully saturated rings. The van der Waals surface area contributed by atoms with Crippen LogP contribution in [0, 0.1) is 0 Å². The Labute approximate surface area is 165 Å². The third kappa shape index (κ3) is 5.04. The number of aromatic nitrogens is 1. The van der Waals surface area contributed by atoms with Crippen molar-refractivity contribution in [2.45, 2.75) is 23.9 Å².